The molecule has 0 saturated carbocycles. The fraction of sp³-hybridized carbons (Fsp3) is 0.400. The molecule has 7 heteroatoms. The zero-order valence-corrected chi connectivity index (χ0v) is 12.8. The lowest BCUT2D eigenvalue weighted by molar-refractivity contribution is -0.125. The molecule has 0 aromatic heterocycles. The highest BCUT2D eigenvalue weighted by Gasteiger charge is 2.29. The number of benzene rings is 1. The van der Waals surface area contributed by atoms with E-state index >= 15 is 0 Å². The summed E-state index contributed by atoms with van der Waals surface area (Å²) in [6, 6.07) is 7.06. The van der Waals surface area contributed by atoms with Crippen molar-refractivity contribution >= 4 is 28.8 Å². The molecular formula is C15H17N3O3S. The van der Waals surface area contributed by atoms with Gasteiger partial charge in [0.15, 0.2) is 0 Å². The number of rotatable bonds is 5. The molecular weight excluding hydrogens is 302 g/mol. The van der Waals surface area contributed by atoms with E-state index in [1.807, 2.05) is 6.07 Å². The first kappa shape index (κ1) is 15.1. The second-order valence-corrected chi connectivity index (χ2v) is 6.40. The third-order valence-electron chi connectivity index (χ3n) is 3.79. The highest BCUT2D eigenvalue weighted by molar-refractivity contribution is 8.14. The number of carbonyl (C=O) groups excluding carboxylic acids is 3. The van der Waals surface area contributed by atoms with Crippen molar-refractivity contribution in [3.05, 3.63) is 35.4 Å². The molecule has 2 N–H and O–H groups in total. The van der Waals surface area contributed by atoms with E-state index in [9.17, 15) is 14.4 Å². The minimum absolute atomic E-state index is 0.123. The van der Waals surface area contributed by atoms with Gasteiger partial charge >= 0.3 is 0 Å². The first-order valence-electron chi connectivity index (χ1n) is 7.18. The van der Waals surface area contributed by atoms with Gasteiger partial charge in [-0.25, -0.2) is 0 Å². The van der Waals surface area contributed by atoms with E-state index in [0.29, 0.717) is 18.0 Å². The summed E-state index contributed by atoms with van der Waals surface area (Å²) in [7, 11) is 0. The Morgan fingerprint density at radius 2 is 2.18 bits per heavy atom. The van der Waals surface area contributed by atoms with E-state index < -0.39 is 0 Å². The van der Waals surface area contributed by atoms with E-state index in [0.717, 1.165) is 30.4 Å². The topological polar surface area (TPSA) is 78.5 Å². The molecule has 1 aromatic carbocycles. The van der Waals surface area contributed by atoms with Gasteiger partial charge in [-0.2, -0.15) is 0 Å². The SMILES string of the molecule is O=C(NCC1CNC1)c1cccc(CN2C(=O)CSC2=O)c1. The Hall–Kier alpha value is -1.86. The maximum absolute atomic E-state index is 12.1. The quantitative estimate of drug-likeness (QED) is 0.840. The monoisotopic (exact) mass is 319 g/mol. The summed E-state index contributed by atoms with van der Waals surface area (Å²) in [6.45, 7) is 2.77. The van der Waals surface area contributed by atoms with Crippen LogP contribution in [-0.2, 0) is 11.3 Å². The molecule has 2 aliphatic heterocycles. The van der Waals surface area contributed by atoms with E-state index in [1.54, 1.807) is 18.2 Å². The van der Waals surface area contributed by atoms with Crippen molar-refractivity contribution in [1.29, 1.82) is 0 Å². The highest BCUT2D eigenvalue weighted by Crippen LogP contribution is 2.21. The molecule has 116 valence electrons. The Balaban J connectivity index is 1.62. The van der Waals surface area contributed by atoms with Gasteiger partial charge in [-0.15, -0.1) is 0 Å². The predicted octanol–water partition coefficient (Wildman–Crippen LogP) is 0.831. The molecule has 2 heterocycles. The summed E-state index contributed by atoms with van der Waals surface area (Å²) in [5.74, 6) is 0.405. The lowest BCUT2D eigenvalue weighted by Crippen LogP contribution is -2.48. The van der Waals surface area contributed by atoms with Crippen LogP contribution in [0.15, 0.2) is 24.3 Å². The molecule has 0 bridgehead atoms. The number of hydrogen-bond donors (Lipinski definition) is 2. The minimum atomic E-state index is -0.225. The van der Waals surface area contributed by atoms with E-state index in [4.69, 9.17) is 0 Å². The van der Waals surface area contributed by atoms with Crippen molar-refractivity contribution in [2.24, 2.45) is 5.92 Å². The van der Waals surface area contributed by atoms with Gasteiger partial charge in [0.2, 0.25) is 5.91 Å². The third-order valence-corrected chi connectivity index (χ3v) is 4.65. The molecule has 6 nitrogen and oxygen atoms in total. The van der Waals surface area contributed by atoms with Crippen LogP contribution in [-0.4, -0.2) is 47.3 Å². The number of nitrogens with one attached hydrogen (secondary N) is 2. The standard InChI is InChI=1S/C15H17N3O3S/c19-13-9-22-15(21)18(13)8-10-2-1-3-12(4-10)14(20)17-7-11-5-16-6-11/h1-4,11,16H,5-9H2,(H,17,20). The number of nitrogens with zero attached hydrogens (tertiary/aromatic N) is 1. The van der Waals surface area contributed by atoms with Crippen LogP contribution in [0.2, 0.25) is 0 Å². The molecule has 22 heavy (non-hydrogen) atoms. The summed E-state index contributed by atoms with van der Waals surface area (Å²) in [5.41, 5.74) is 1.33. The second kappa shape index (κ2) is 6.50. The molecule has 1 aromatic rings. The average molecular weight is 319 g/mol. The van der Waals surface area contributed by atoms with Gasteiger partial charge in [0.25, 0.3) is 11.1 Å². The van der Waals surface area contributed by atoms with Gasteiger partial charge in [-0.1, -0.05) is 23.9 Å². The Morgan fingerprint density at radius 3 is 2.82 bits per heavy atom. The number of thioether (sulfide) groups is 1. The number of carbonyl (C=O) groups is 3. The zero-order valence-electron chi connectivity index (χ0n) is 12.0. The van der Waals surface area contributed by atoms with Crippen LogP contribution in [0.1, 0.15) is 15.9 Å². The lowest BCUT2D eigenvalue weighted by atomic mass is 10.0. The summed E-state index contributed by atoms with van der Waals surface area (Å²) in [6.07, 6.45) is 0. The van der Waals surface area contributed by atoms with Crippen molar-refractivity contribution in [3.8, 4) is 0 Å². The smallest absolute Gasteiger partial charge is 0.289 e. The van der Waals surface area contributed by atoms with E-state index in [1.165, 1.54) is 4.90 Å². The van der Waals surface area contributed by atoms with Crippen LogP contribution in [0.4, 0.5) is 4.79 Å². The Bertz CT molecular complexity index is 600. The Morgan fingerprint density at radius 1 is 1.36 bits per heavy atom. The summed E-state index contributed by atoms with van der Waals surface area (Å²) >= 11 is 1.02. The van der Waals surface area contributed by atoms with E-state index in [-0.39, 0.29) is 29.4 Å². The molecule has 2 fully saturated rings. The fourth-order valence-electron chi connectivity index (χ4n) is 2.36. The summed E-state index contributed by atoms with van der Waals surface area (Å²) < 4.78 is 0. The molecule has 3 rings (SSSR count). The predicted molar refractivity (Wildman–Crippen MR) is 83.5 cm³/mol. The van der Waals surface area contributed by atoms with Gasteiger partial charge in [-0.05, 0) is 17.7 Å². The van der Waals surface area contributed by atoms with Crippen molar-refractivity contribution < 1.29 is 14.4 Å². The highest BCUT2D eigenvalue weighted by atomic mass is 32.2. The summed E-state index contributed by atoms with van der Waals surface area (Å²) in [4.78, 5) is 36.6. The first-order chi connectivity index (χ1) is 10.6. The van der Waals surface area contributed by atoms with Gasteiger partial charge < -0.3 is 10.6 Å². The van der Waals surface area contributed by atoms with E-state index in [2.05, 4.69) is 10.6 Å². The second-order valence-electron chi connectivity index (χ2n) is 5.47. The number of hydrogen-bond acceptors (Lipinski definition) is 5. The van der Waals surface area contributed by atoms with Crippen LogP contribution in [0.3, 0.4) is 0 Å². The molecule has 0 atom stereocenters. The maximum atomic E-state index is 12.1. The van der Waals surface area contributed by atoms with Crippen molar-refractivity contribution in [2.45, 2.75) is 6.54 Å². The summed E-state index contributed by atoms with van der Waals surface area (Å²) in [5, 5.41) is 5.84. The molecule has 0 unspecified atom stereocenters. The fourth-order valence-corrected chi connectivity index (χ4v) is 3.08. The van der Waals surface area contributed by atoms with Crippen LogP contribution in [0.25, 0.3) is 0 Å². The Kier molecular flexibility index (Phi) is 4.44. The lowest BCUT2D eigenvalue weighted by Gasteiger charge is -2.27. The molecule has 0 radical (unpaired) electrons. The van der Waals surface area contributed by atoms with Crippen LogP contribution in [0, 0.1) is 5.92 Å². The molecule has 3 amide bonds. The van der Waals surface area contributed by atoms with Crippen LogP contribution >= 0.6 is 11.8 Å². The van der Waals surface area contributed by atoms with Gasteiger partial charge in [0.1, 0.15) is 0 Å². The maximum Gasteiger partial charge on any atom is 0.289 e. The average Bonchev–Trinajstić information content (AvgIpc) is 2.78. The Labute approximate surface area is 132 Å². The minimum Gasteiger partial charge on any atom is -0.352 e. The number of amides is 3. The van der Waals surface area contributed by atoms with Crippen molar-refractivity contribution in [2.75, 3.05) is 25.4 Å². The van der Waals surface area contributed by atoms with Crippen LogP contribution < -0.4 is 10.6 Å². The first-order valence-corrected chi connectivity index (χ1v) is 8.17. The van der Waals surface area contributed by atoms with Gasteiger partial charge in [0.05, 0.1) is 12.3 Å². The molecule has 2 aliphatic rings. The number of imide groups is 1. The molecule has 0 spiro atoms. The normalized spacial score (nSPS) is 18.5. The van der Waals surface area contributed by atoms with Crippen LogP contribution in [0.5, 0.6) is 0 Å². The zero-order chi connectivity index (χ0) is 15.5. The molecule has 0 aliphatic carbocycles. The molecule has 2 saturated heterocycles. The van der Waals surface area contributed by atoms with Crippen molar-refractivity contribution in [1.82, 2.24) is 15.5 Å². The van der Waals surface area contributed by atoms with Gasteiger partial charge in [-0.3, -0.25) is 19.3 Å². The van der Waals surface area contributed by atoms with Crippen molar-refractivity contribution in [3.63, 3.8) is 0 Å². The third kappa shape index (κ3) is 3.31. The largest absolute Gasteiger partial charge is 0.352 e. The van der Waals surface area contributed by atoms with Gasteiger partial charge in [0, 0.05) is 31.1 Å².